The Morgan fingerprint density at radius 1 is 0.806 bits per heavy atom. The highest BCUT2D eigenvalue weighted by atomic mass is 16.5. The van der Waals surface area contributed by atoms with Crippen molar-refractivity contribution in [2.75, 3.05) is 0 Å². The highest BCUT2D eigenvalue weighted by Gasteiger charge is 2.22. The van der Waals surface area contributed by atoms with Crippen LogP contribution in [-0.4, -0.2) is 6.21 Å². The van der Waals surface area contributed by atoms with Crippen LogP contribution in [0.3, 0.4) is 0 Å². The number of hydrogen-bond acceptors (Lipinski definition) is 4. The van der Waals surface area contributed by atoms with Crippen LogP contribution < -0.4 is 4.74 Å². The Morgan fingerprint density at radius 3 is 2.08 bits per heavy atom. The van der Waals surface area contributed by atoms with Gasteiger partial charge < -0.3 is 9.15 Å². The van der Waals surface area contributed by atoms with E-state index in [1.807, 2.05) is 84.9 Å². The molecule has 174 valence electrons. The first-order valence-electron chi connectivity index (χ1n) is 11.7. The molecule has 0 atom stereocenters. The van der Waals surface area contributed by atoms with Gasteiger partial charge in [-0.2, -0.15) is 5.26 Å². The Bertz CT molecular complexity index is 1510. The topological polar surface area (TPSA) is 58.5 Å². The van der Waals surface area contributed by atoms with Gasteiger partial charge in [0.05, 0.1) is 0 Å². The molecular weight excluding hydrogens is 444 g/mol. The summed E-state index contributed by atoms with van der Waals surface area (Å²) in [6, 6.07) is 37.9. The SMILES string of the molecule is Cc1ccc(COc2ccc(C=Nc3oc(-c4ccccc4)c(-c4ccccc4)c3C#N)cc2)cc1. The molecule has 1 heterocycles. The lowest BCUT2D eigenvalue weighted by atomic mass is 9.98. The van der Waals surface area contributed by atoms with E-state index in [0.29, 0.717) is 17.9 Å². The average molecular weight is 469 g/mol. The molecule has 36 heavy (non-hydrogen) atoms. The van der Waals surface area contributed by atoms with Gasteiger partial charge in [0.1, 0.15) is 29.7 Å². The molecular formula is C32H24N2O2. The van der Waals surface area contributed by atoms with Crippen molar-refractivity contribution in [3.05, 3.63) is 131 Å². The Morgan fingerprint density at radius 2 is 1.44 bits per heavy atom. The summed E-state index contributed by atoms with van der Waals surface area (Å²) < 4.78 is 12.1. The smallest absolute Gasteiger partial charge is 0.238 e. The van der Waals surface area contributed by atoms with Crippen LogP contribution in [0.1, 0.15) is 22.3 Å². The number of rotatable bonds is 7. The van der Waals surface area contributed by atoms with Crippen molar-refractivity contribution >= 4 is 12.1 Å². The normalized spacial score (nSPS) is 10.9. The Hall–Kier alpha value is -4.88. The maximum Gasteiger partial charge on any atom is 0.238 e. The monoisotopic (exact) mass is 468 g/mol. The van der Waals surface area contributed by atoms with Gasteiger partial charge in [0.15, 0.2) is 0 Å². The van der Waals surface area contributed by atoms with Crippen LogP contribution in [0, 0.1) is 18.3 Å². The second-order valence-electron chi connectivity index (χ2n) is 8.43. The third kappa shape index (κ3) is 5.11. The predicted molar refractivity (Wildman–Crippen MR) is 144 cm³/mol. The Kier molecular flexibility index (Phi) is 6.73. The zero-order chi connectivity index (χ0) is 24.7. The van der Waals surface area contributed by atoms with E-state index in [-0.39, 0.29) is 5.88 Å². The lowest BCUT2D eigenvalue weighted by Gasteiger charge is -2.06. The molecule has 0 aliphatic rings. The lowest BCUT2D eigenvalue weighted by Crippen LogP contribution is -1.95. The minimum absolute atomic E-state index is 0.287. The number of hydrogen-bond donors (Lipinski definition) is 0. The molecule has 0 saturated heterocycles. The molecule has 4 aromatic carbocycles. The molecule has 4 nitrogen and oxygen atoms in total. The Labute approximate surface area is 210 Å². The highest BCUT2D eigenvalue weighted by molar-refractivity contribution is 5.89. The summed E-state index contributed by atoms with van der Waals surface area (Å²) in [5.74, 6) is 1.70. The van der Waals surface area contributed by atoms with Gasteiger partial charge >= 0.3 is 0 Å². The quantitative estimate of drug-likeness (QED) is 0.227. The highest BCUT2D eigenvalue weighted by Crippen LogP contribution is 2.42. The molecule has 0 radical (unpaired) electrons. The molecule has 0 fully saturated rings. The number of aliphatic imine (C=N–C) groups is 1. The number of benzene rings is 4. The second-order valence-corrected chi connectivity index (χ2v) is 8.43. The van der Waals surface area contributed by atoms with E-state index in [9.17, 15) is 5.26 Å². The van der Waals surface area contributed by atoms with Gasteiger partial charge in [-0.1, -0.05) is 90.5 Å². The molecule has 1 aromatic heterocycles. The van der Waals surface area contributed by atoms with E-state index in [1.54, 1.807) is 6.21 Å². The average Bonchev–Trinajstić information content (AvgIpc) is 3.32. The van der Waals surface area contributed by atoms with E-state index < -0.39 is 0 Å². The summed E-state index contributed by atoms with van der Waals surface area (Å²) in [4.78, 5) is 4.56. The van der Waals surface area contributed by atoms with Crippen LogP contribution in [0.5, 0.6) is 5.75 Å². The van der Waals surface area contributed by atoms with Crippen molar-refractivity contribution in [2.45, 2.75) is 13.5 Å². The molecule has 0 N–H and O–H groups in total. The standard InChI is InChI=1S/C32H24N2O2/c1-23-12-14-25(15-13-23)22-35-28-18-16-24(17-19-28)21-34-32-29(20-33)30(26-8-4-2-5-9-26)31(36-32)27-10-6-3-7-11-27/h2-19,21H,22H2,1H3. The molecule has 0 bridgehead atoms. The molecule has 0 spiro atoms. The van der Waals surface area contributed by atoms with Crippen molar-refractivity contribution < 1.29 is 9.15 Å². The predicted octanol–water partition coefficient (Wildman–Crippen LogP) is 8.12. The maximum atomic E-state index is 10.0. The van der Waals surface area contributed by atoms with Gasteiger partial charge in [-0.25, -0.2) is 4.99 Å². The van der Waals surface area contributed by atoms with Crippen molar-refractivity contribution in [1.82, 2.24) is 0 Å². The molecule has 5 aromatic rings. The molecule has 0 aliphatic carbocycles. The van der Waals surface area contributed by atoms with Gasteiger partial charge in [0.2, 0.25) is 5.88 Å². The minimum atomic E-state index is 0.287. The van der Waals surface area contributed by atoms with Crippen LogP contribution in [0.2, 0.25) is 0 Å². The van der Waals surface area contributed by atoms with Crippen molar-refractivity contribution in [3.63, 3.8) is 0 Å². The Balaban J connectivity index is 1.40. The minimum Gasteiger partial charge on any atom is -0.489 e. The second kappa shape index (κ2) is 10.6. The third-order valence-corrected chi connectivity index (χ3v) is 5.84. The number of ether oxygens (including phenoxy) is 1. The fourth-order valence-electron chi connectivity index (χ4n) is 3.92. The molecule has 0 unspecified atom stereocenters. The number of aryl methyl sites for hydroxylation is 1. The molecule has 0 saturated carbocycles. The molecule has 0 aliphatic heterocycles. The summed E-state index contributed by atoms with van der Waals surface area (Å²) in [5.41, 5.74) is 6.19. The van der Waals surface area contributed by atoms with Gasteiger partial charge in [-0.05, 0) is 47.9 Å². The third-order valence-electron chi connectivity index (χ3n) is 5.84. The van der Waals surface area contributed by atoms with E-state index >= 15 is 0 Å². The summed E-state index contributed by atoms with van der Waals surface area (Å²) in [7, 11) is 0. The van der Waals surface area contributed by atoms with Crippen LogP contribution >= 0.6 is 0 Å². The van der Waals surface area contributed by atoms with Gasteiger partial charge in [0, 0.05) is 17.3 Å². The van der Waals surface area contributed by atoms with E-state index in [0.717, 1.165) is 33.6 Å². The van der Waals surface area contributed by atoms with Crippen LogP contribution in [0.25, 0.3) is 22.5 Å². The zero-order valence-electron chi connectivity index (χ0n) is 19.9. The van der Waals surface area contributed by atoms with Crippen molar-refractivity contribution in [3.8, 4) is 34.3 Å². The summed E-state index contributed by atoms with van der Waals surface area (Å²) >= 11 is 0. The first-order chi connectivity index (χ1) is 17.7. The van der Waals surface area contributed by atoms with Crippen molar-refractivity contribution in [1.29, 1.82) is 5.26 Å². The van der Waals surface area contributed by atoms with Crippen LogP contribution in [0.4, 0.5) is 5.88 Å². The van der Waals surface area contributed by atoms with E-state index in [1.165, 1.54) is 5.56 Å². The zero-order valence-corrected chi connectivity index (χ0v) is 19.9. The lowest BCUT2D eigenvalue weighted by molar-refractivity contribution is 0.306. The van der Waals surface area contributed by atoms with Crippen LogP contribution in [-0.2, 0) is 6.61 Å². The summed E-state index contributed by atoms with van der Waals surface area (Å²) in [6.45, 7) is 2.58. The van der Waals surface area contributed by atoms with Gasteiger partial charge in [-0.15, -0.1) is 0 Å². The van der Waals surface area contributed by atoms with E-state index in [4.69, 9.17) is 9.15 Å². The largest absolute Gasteiger partial charge is 0.489 e. The summed E-state index contributed by atoms with van der Waals surface area (Å²) in [6.07, 6.45) is 1.70. The number of nitrogens with zero attached hydrogens (tertiary/aromatic N) is 2. The molecule has 4 heteroatoms. The fraction of sp³-hybridized carbons (Fsp3) is 0.0625. The van der Waals surface area contributed by atoms with Gasteiger partial charge in [-0.3, -0.25) is 0 Å². The fourth-order valence-corrected chi connectivity index (χ4v) is 3.92. The van der Waals surface area contributed by atoms with Gasteiger partial charge in [0.25, 0.3) is 0 Å². The number of nitriles is 1. The number of furan rings is 1. The van der Waals surface area contributed by atoms with Crippen LogP contribution in [0.15, 0.2) is 119 Å². The maximum absolute atomic E-state index is 10.0. The molecule has 0 amide bonds. The summed E-state index contributed by atoms with van der Waals surface area (Å²) in [5, 5.41) is 10.0. The first-order valence-corrected chi connectivity index (χ1v) is 11.7. The van der Waals surface area contributed by atoms with E-state index in [2.05, 4.69) is 42.3 Å². The van der Waals surface area contributed by atoms with Crippen molar-refractivity contribution in [2.24, 2.45) is 4.99 Å². The first kappa shape index (κ1) is 22.9. The molecule has 5 rings (SSSR count).